The van der Waals surface area contributed by atoms with E-state index in [9.17, 15) is 10.2 Å². The molecule has 0 bridgehead atoms. The molecule has 6 heteroatoms. The molecule has 2 aromatic carbocycles. The Kier molecular flexibility index (Phi) is 7.19. The van der Waals surface area contributed by atoms with Crippen LogP contribution < -0.4 is 10.6 Å². The molecule has 6 N–H and O–H groups in total. The van der Waals surface area contributed by atoms with Gasteiger partial charge in [-0.1, -0.05) is 54.6 Å². The van der Waals surface area contributed by atoms with Crippen molar-refractivity contribution in [3.8, 4) is 22.4 Å². The molecule has 2 heterocycles. The number of nitrogens with one attached hydrogen (secondary N) is 1. The molecule has 0 aliphatic heterocycles. The summed E-state index contributed by atoms with van der Waals surface area (Å²) in [6, 6.07) is 22.8. The van der Waals surface area contributed by atoms with Crippen LogP contribution in [0.25, 0.3) is 33.3 Å². The van der Waals surface area contributed by atoms with Gasteiger partial charge >= 0.3 is 0 Å². The van der Waals surface area contributed by atoms with Crippen LogP contribution in [0.2, 0.25) is 0 Å². The van der Waals surface area contributed by atoms with Crippen molar-refractivity contribution >= 4 is 10.9 Å². The van der Waals surface area contributed by atoms with Crippen LogP contribution in [0.3, 0.4) is 0 Å². The van der Waals surface area contributed by atoms with Gasteiger partial charge in [0.15, 0.2) is 0 Å². The first kappa shape index (κ1) is 22.0. The quantitative estimate of drug-likeness (QED) is 0.319. The summed E-state index contributed by atoms with van der Waals surface area (Å²) in [6.07, 6.45) is 1.79. The van der Waals surface area contributed by atoms with E-state index in [4.69, 9.17) is 4.98 Å². The van der Waals surface area contributed by atoms with Crippen molar-refractivity contribution in [1.82, 2.24) is 9.97 Å². The SMILES string of the molecule is [NH3+]Cc1ccc(-c2nc3ccnc(C[NH+](CCO)CCO)c3cc2-c2ccccc2)cc1. The second-order valence-corrected chi connectivity index (χ2v) is 7.90. The molecule has 2 aromatic heterocycles. The monoisotopic (exact) mass is 430 g/mol. The highest BCUT2D eigenvalue weighted by Gasteiger charge is 2.17. The van der Waals surface area contributed by atoms with E-state index in [0.717, 1.165) is 50.4 Å². The summed E-state index contributed by atoms with van der Waals surface area (Å²) in [7, 11) is 0. The third-order valence-electron chi connectivity index (χ3n) is 5.77. The molecule has 4 aromatic rings. The van der Waals surface area contributed by atoms with Crippen molar-refractivity contribution in [2.75, 3.05) is 26.3 Å². The summed E-state index contributed by atoms with van der Waals surface area (Å²) < 4.78 is 0. The van der Waals surface area contributed by atoms with Crippen LogP contribution in [0.1, 0.15) is 11.3 Å². The van der Waals surface area contributed by atoms with Crippen molar-refractivity contribution in [3.05, 3.63) is 84.2 Å². The minimum Gasteiger partial charge on any atom is -0.391 e. The third kappa shape index (κ3) is 4.84. The Hall–Kier alpha value is -3.16. The third-order valence-corrected chi connectivity index (χ3v) is 5.77. The van der Waals surface area contributed by atoms with Crippen LogP contribution >= 0.6 is 0 Å². The van der Waals surface area contributed by atoms with E-state index in [1.54, 1.807) is 6.20 Å². The molecule has 0 aliphatic rings. The maximum Gasteiger partial charge on any atom is 0.121 e. The molecule has 164 valence electrons. The Morgan fingerprint density at radius 2 is 1.56 bits per heavy atom. The number of aromatic nitrogens is 2. The maximum atomic E-state index is 9.41. The first-order valence-electron chi connectivity index (χ1n) is 11.0. The van der Waals surface area contributed by atoms with Crippen LogP contribution in [-0.4, -0.2) is 46.5 Å². The number of rotatable bonds is 9. The molecule has 32 heavy (non-hydrogen) atoms. The van der Waals surface area contributed by atoms with Gasteiger partial charge in [-0.25, -0.2) is 4.98 Å². The predicted octanol–water partition coefficient (Wildman–Crippen LogP) is 1.08. The molecular weight excluding hydrogens is 400 g/mol. The van der Waals surface area contributed by atoms with Crippen molar-refractivity contribution in [1.29, 1.82) is 0 Å². The number of quaternary nitrogens is 2. The van der Waals surface area contributed by atoms with Crippen LogP contribution in [-0.2, 0) is 13.1 Å². The summed E-state index contributed by atoms with van der Waals surface area (Å²) in [6.45, 7) is 2.64. The van der Waals surface area contributed by atoms with Crippen LogP contribution in [0.5, 0.6) is 0 Å². The largest absolute Gasteiger partial charge is 0.391 e. The summed E-state index contributed by atoms with van der Waals surface area (Å²) in [5.74, 6) is 0. The van der Waals surface area contributed by atoms with Gasteiger partial charge in [-0.15, -0.1) is 0 Å². The highest BCUT2D eigenvalue weighted by Crippen LogP contribution is 2.34. The summed E-state index contributed by atoms with van der Waals surface area (Å²) in [4.78, 5) is 10.8. The summed E-state index contributed by atoms with van der Waals surface area (Å²) in [5, 5.41) is 19.8. The lowest BCUT2D eigenvalue weighted by Gasteiger charge is -2.18. The smallest absolute Gasteiger partial charge is 0.121 e. The Labute approximate surface area is 188 Å². The Balaban J connectivity index is 1.87. The van der Waals surface area contributed by atoms with Gasteiger partial charge in [0, 0.05) is 28.3 Å². The van der Waals surface area contributed by atoms with Crippen LogP contribution in [0.4, 0.5) is 0 Å². The number of nitrogens with zero attached hydrogens (tertiary/aromatic N) is 2. The molecule has 0 spiro atoms. The van der Waals surface area contributed by atoms with Gasteiger partial charge in [0.25, 0.3) is 0 Å². The normalized spacial score (nSPS) is 11.4. The summed E-state index contributed by atoms with van der Waals surface area (Å²) >= 11 is 0. The van der Waals surface area contributed by atoms with Crippen molar-refractivity contribution in [2.45, 2.75) is 13.1 Å². The minimum absolute atomic E-state index is 0.0705. The molecule has 6 nitrogen and oxygen atoms in total. The number of hydrogen-bond acceptors (Lipinski definition) is 4. The average molecular weight is 431 g/mol. The number of pyridine rings is 2. The molecule has 0 amide bonds. The molecule has 0 radical (unpaired) electrons. The van der Waals surface area contributed by atoms with Gasteiger partial charge in [0.1, 0.15) is 25.3 Å². The molecule has 0 unspecified atom stereocenters. The van der Waals surface area contributed by atoms with Gasteiger partial charge in [-0.05, 0) is 17.7 Å². The number of benzene rings is 2. The number of fused-ring (bicyclic) bond motifs is 1. The molecule has 4 rings (SSSR count). The van der Waals surface area contributed by atoms with Gasteiger partial charge in [-0.2, -0.15) is 0 Å². The molecule has 0 fully saturated rings. The van der Waals surface area contributed by atoms with E-state index in [0.29, 0.717) is 19.6 Å². The molecule has 0 aliphatic carbocycles. The van der Waals surface area contributed by atoms with Crippen LogP contribution in [0, 0.1) is 0 Å². The molecule has 0 atom stereocenters. The Morgan fingerprint density at radius 3 is 2.22 bits per heavy atom. The maximum absolute atomic E-state index is 9.41. The van der Waals surface area contributed by atoms with Gasteiger partial charge in [0.05, 0.1) is 31.0 Å². The highest BCUT2D eigenvalue weighted by atomic mass is 16.3. The van der Waals surface area contributed by atoms with E-state index in [1.165, 1.54) is 5.56 Å². The predicted molar refractivity (Wildman–Crippen MR) is 126 cm³/mol. The van der Waals surface area contributed by atoms with Crippen molar-refractivity contribution < 1.29 is 20.8 Å². The average Bonchev–Trinajstić information content (AvgIpc) is 2.84. The van der Waals surface area contributed by atoms with Crippen molar-refractivity contribution in [3.63, 3.8) is 0 Å². The fourth-order valence-electron chi connectivity index (χ4n) is 4.04. The molecule has 0 saturated heterocycles. The number of hydrogen-bond donors (Lipinski definition) is 4. The fourth-order valence-corrected chi connectivity index (χ4v) is 4.04. The van der Waals surface area contributed by atoms with Crippen LogP contribution in [0.15, 0.2) is 72.9 Å². The lowest BCUT2D eigenvalue weighted by atomic mass is 9.96. The number of aliphatic hydroxyl groups is 2. The van der Waals surface area contributed by atoms with Gasteiger partial charge in [-0.3, -0.25) is 4.98 Å². The van der Waals surface area contributed by atoms with E-state index < -0.39 is 0 Å². The van der Waals surface area contributed by atoms with Gasteiger partial charge in [0.2, 0.25) is 0 Å². The lowest BCUT2D eigenvalue weighted by Crippen LogP contribution is -3.11. The Bertz CT molecular complexity index is 1160. The second-order valence-electron chi connectivity index (χ2n) is 7.90. The second kappa shape index (κ2) is 10.4. The first-order chi connectivity index (χ1) is 15.7. The van der Waals surface area contributed by atoms with Gasteiger partial charge < -0.3 is 20.8 Å². The Morgan fingerprint density at radius 1 is 0.844 bits per heavy atom. The first-order valence-corrected chi connectivity index (χ1v) is 11.0. The molecule has 0 saturated carbocycles. The van der Waals surface area contributed by atoms with E-state index >= 15 is 0 Å². The molecular formula is C26H30N4O2+2. The van der Waals surface area contributed by atoms with E-state index in [-0.39, 0.29) is 13.2 Å². The minimum atomic E-state index is 0.0705. The number of aliphatic hydroxyl groups excluding tert-OH is 2. The topological polar surface area (TPSA) is 98.3 Å². The standard InChI is InChI=1S/C26H28N4O2/c27-17-19-6-8-21(9-7-19)26-22(20-4-2-1-3-5-20)16-23-24(29-26)10-11-28-25(23)18-30(12-14-31)13-15-32/h1-11,16,31-32H,12-15,17-18,27H2/p+2. The highest BCUT2D eigenvalue weighted by molar-refractivity contribution is 5.92. The zero-order valence-electron chi connectivity index (χ0n) is 18.2. The zero-order valence-corrected chi connectivity index (χ0v) is 18.2. The van der Waals surface area contributed by atoms with Crippen molar-refractivity contribution in [2.24, 2.45) is 0 Å². The zero-order chi connectivity index (χ0) is 22.3. The van der Waals surface area contributed by atoms with E-state index in [2.05, 4.69) is 53.2 Å². The summed E-state index contributed by atoms with van der Waals surface area (Å²) in [5.41, 5.74) is 11.1. The lowest BCUT2D eigenvalue weighted by molar-refractivity contribution is -0.914. The fraction of sp³-hybridized carbons (Fsp3) is 0.231. The van der Waals surface area contributed by atoms with E-state index in [1.807, 2.05) is 24.3 Å².